The van der Waals surface area contributed by atoms with Crippen LogP contribution in [0.5, 0.6) is 0 Å². The first-order valence-corrected chi connectivity index (χ1v) is 6.37. The molecule has 2 atom stereocenters. The van der Waals surface area contributed by atoms with Crippen LogP contribution in [0.4, 0.5) is 8.78 Å². The van der Waals surface area contributed by atoms with Gasteiger partial charge in [-0.1, -0.05) is 19.1 Å². The minimum Gasteiger partial charge on any atom is -0.465 e. The van der Waals surface area contributed by atoms with E-state index in [1.165, 1.54) is 12.1 Å². The Kier molecular flexibility index (Phi) is 5.89. The van der Waals surface area contributed by atoms with Crippen molar-refractivity contribution in [3.05, 3.63) is 35.4 Å². The molecule has 0 aliphatic heterocycles. The first-order chi connectivity index (χ1) is 9.01. The molecule has 0 fully saturated rings. The van der Waals surface area contributed by atoms with Crippen LogP contribution >= 0.6 is 0 Å². The molecule has 5 heteroatoms. The lowest BCUT2D eigenvalue weighted by molar-refractivity contribution is -0.146. The zero-order valence-electron chi connectivity index (χ0n) is 11.4. The molecule has 2 unspecified atom stereocenters. The third-order valence-corrected chi connectivity index (χ3v) is 2.88. The number of nitrogens with one attached hydrogen (secondary N) is 1. The number of halogens is 2. The number of rotatable bonds is 6. The summed E-state index contributed by atoms with van der Waals surface area (Å²) in [6.07, 6.45) is 0.757. The van der Waals surface area contributed by atoms with Crippen LogP contribution < -0.4 is 5.32 Å². The molecular formula is C14H19F2NO2. The first-order valence-electron chi connectivity index (χ1n) is 6.37. The van der Waals surface area contributed by atoms with Gasteiger partial charge in [-0.05, 0) is 26.3 Å². The molecule has 0 saturated heterocycles. The van der Waals surface area contributed by atoms with Crippen LogP contribution in [-0.4, -0.2) is 18.6 Å². The van der Waals surface area contributed by atoms with Crippen LogP contribution in [-0.2, 0) is 9.53 Å². The summed E-state index contributed by atoms with van der Waals surface area (Å²) in [6.45, 7) is 5.65. The summed E-state index contributed by atoms with van der Waals surface area (Å²) >= 11 is 0. The van der Waals surface area contributed by atoms with Crippen LogP contribution in [0.1, 0.15) is 38.8 Å². The molecule has 0 saturated carbocycles. The Labute approximate surface area is 112 Å². The Morgan fingerprint density at radius 1 is 1.37 bits per heavy atom. The van der Waals surface area contributed by atoms with Crippen molar-refractivity contribution in [1.82, 2.24) is 5.32 Å². The molecule has 19 heavy (non-hydrogen) atoms. The van der Waals surface area contributed by atoms with Crippen molar-refractivity contribution in [2.24, 2.45) is 0 Å². The maximum atomic E-state index is 13.8. The summed E-state index contributed by atoms with van der Waals surface area (Å²) in [7, 11) is 0. The Morgan fingerprint density at radius 2 is 2.05 bits per heavy atom. The summed E-state index contributed by atoms with van der Waals surface area (Å²) in [6, 6.07) is 2.76. The molecule has 0 aromatic heterocycles. The Balaban J connectivity index is 3.07. The summed E-state index contributed by atoms with van der Waals surface area (Å²) in [5.41, 5.74) is -0.0289. The highest BCUT2D eigenvalue weighted by molar-refractivity contribution is 5.77. The van der Waals surface area contributed by atoms with Crippen molar-refractivity contribution < 1.29 is 18.3 Å². The van der Waals surface area contributed by atoms with Crippen LogP contribution in [0.2, 0.25) is 0 Å². The van der Waals surface area contributed by atoms with E-state index < -0.39 is 23.6 Å². The molecular weight excluding hydrogens is 252 g/mol. The van der Waals surface area contributed by atoms with Gasteiger partial charge >= 0.3 is 5.97 Å². The van der Waals surface area contributed by atoms with Gasteiger partial charge in [-0.2, -0.15) is 0 Å². The van der Waals surface area contributed by atoms with E-state index in [1.807, 2.05) is 13.8 Å². The van der Waals surface area contributed by atoms with Crippen molar-refractivity contribution in [1.29, 1.82) is 0 Å². The average Bonchev–Trinajstić information content (AvgIpc) is 2.39. The van der Waals surface area contributed by atoms with E-state index >= 15 is 0 Å². The van der Waals surface area contributed by atoms with Gasteiger partial charge in [0.2, 0.25) is 0 Å². The molecule has 0 aliphatic rings. The van der Waals surface area contributed by atoms with E-state index in [0.29, 0.717) is 0 Å². The SMILES string of the molecule is CCOC(=O)C(NC(C)CC)c1cccc(F)c1F. The molecule has 0 spiro atoms. The number of carbonyl (C=O) groups excluding carboxylic acids is 1. The minimum absolute atomic E-state index is 0.0166. The minimum atomic E-state index is -1.02. The summed E-state index contributed by atoms with van der Waals surface area (Å²) in [5.74, 6) is -2.60. The summed E-state index contributed by atoms with van der Waals surface area (Å²) < 4.78 is 31.9. The summed E-state index contributed by atoms with van der Waals surface area (Å²) in [4.78, 5) is 11.9. The molecule has 1 aromatic rings. The van der Waals surface area contributed by atoms with Crippen LogP contribution in [0.15, 0.2) is 18.2 Å². The van der Waals surface area contributed by atoms with Crippen LogP contribution in [0.3, 0.4) is 0 Å². The van der Waals surface area contributed by atoms with Gasteiger partial charge in [0.25, 0.3) is 0 Å². The topological polar surface area (TPSA) is 38.3 Å². The highest BCUT2D eigenvalue weighted by atomic mass is 19.2. The quantitative estimate of drug-likeness (QED) is 0.808. The molecule has 0 radical (unpaired) electrons. The second-order valence-electron chi connectivity index (χ2n) is 4.30. The maximum Gasteiger partial charge on any atom is 0.327 e. The lowest BCUT2D eigenvalue weighted by Crippen LogP contribution is -2.36. The zero-order valence-corrected chi connectivity index (χ0v) is 11.4. The number of benzene rings is 1. The maximum absolute atomic E-state index is 13.8. The van der Waals surface area contributed by atoms with Crippen LogP contribution in [0.25, 0.3) is 0 Å². The van der Waals surface area contributed by atoms with E-state index in [-0.39, 0.29) is 18.2 Å². The summed E-state index contributed by atoms with van der Waals surface area (Å²) in [5, 5.41) is 2.95. The van der Waals surface area contributed by atoms with E-state index in [4.69, 9.17) is 4.74 Å². The van der Waals surface area contributed by atoms with Gasteiger partial charge in [-0.3, -0.25) is 5.32 Å². The van der Waals surface area contributed by atoms with Crippen molar-refractivity contribution in [2.75, 3.05) is 6.61 Å². The molecule has 0 amide bonds. The smallest absolute Gasteiger partial charge is 0.327 e. The first kappa shape index (κ1) is 15.6. The van der Waals surface area contributed by atoms with Gasteiger partial charge in [0.05, 0.1) is 6.61 Å². The molecule has 1 aromatic carbocycles. The second-order valence-corrected chi connectivity index (χ2v) is 4.30. The van der Waals surface area contributed by atoms with Gasteiger partial charge in [0.15, 0.2) is 11.6 Å². The lowest BCUT2D eigenvalue weighted by Gasteiger charge is -2.22. The lowest BCUT2D eigenvalue weighted by atomic mass is 10.0. The molecule has 1 rings (SSSR count). The van der Waals surface area contributed by atoms with Gasteiger partial charge in [-0.15, -0.1) is 0 Å². The fraction of sp³-hybridized carbons (Fsp3) is 0.500. The van der Waals surface area contributed by atoms with Crippen molar-refractivity contribution in [3.8, 4) is 0 Å². The number of carbonyl (C=O) groups is 1. The molecule has 0 aliphatic carbocycles. The molecule has 0 bridgehead atoms. The Morgan fingerprint density at radius 3 is 2.63 bits per heavy atom. The van der Waals surface area contributed by atoms with Gasteiger partial charge in [-0.25, -0.2) is 13.6 Å². The largest absolute Gasteiger partial charge is 0.465 e. The number of hydrogen-bond acceptors (Lipinski definition) is 3. The third-order valence-electron chi connectivity index (χ3n) is 2.88. The van der Waals surface area contributed by atoms with Crippen molar-refractivity contribution in [3.63, 3.8) is 0 Å². The normalized spacial score (nSPS) is 13.9. The predicted molar refractivity (Wildman–Crippen MR) is 68.6 cm³/mol. The number of ether oxygens (including phenoxy) is 1. The zero-order chi connectivity index (χ0) is 14.4. The standard InChI is InChI=1S/C14H19F2NO2/c1-4-9(3)17-13(14(18)19-5-2)10-7-6-8-11(15)12(10)16/h6-9,13,17H,4-5H2,1-3H3. The monoisotopic (exact) mass is 271 g/mol. The third kappa shape index (κ3) is 3.99. The van der Waals surface area contributed by atoms with E-state index in [0.717, 1.165) is 12.5 Å². The van der Waals surface area contributed by atoms with E-state index in [9.17, 15) is 13.6 Å². The average molecular weight is 271 g/mol. The Hall–Kier alpha value is -1.49. The molecule has 1 N–H and O–H groups in total. The van der Waals surface area contributed by atoms with Gasteiger partial charge in [0, 0.05) is 11.6 Å². The fourth-order valence-electron chi connectivity index (χ4n) is 1.66. The van der Waals surface area contributed by atoms with E-state index in [2.05, 4.69) is 5.32 Å². The second kappa shape index (κ2) is 7.19. The molecule has 0 heterocycles. The highest BCUT2D eigenvalue weighted by Gasteiger charge is 2.27. The van der Waals surface area contributed by atoms with E-state index in [1.54, 1.807) is 6.92 Å². The van der Waals surface area contributed by atoms with Crippen LogP contribution in [0, 0.1) is 11.6 Å². The Bertz CT molecular complexity index is 437. The fourth-order valence-corrected chi connectivity index (χ4v) is 1.66. The molecule has 3 nitrogen and oxygen atoms in total. The molecule has 106 valence electrons. The van der Waals surface area contributed by atoms with Gasteiger partial charge < -0.3 is 4.74 Å². The van der Waals surface area contributed by atoms with Gasteiger partial charge in [0.1, 0.15) is 6.04 Å². The van der Waals surface area contributed by atoms with Crippen molar-refractivity contribution >= 4 is 5.97 Å². The van der Waals surface area contributed by atoms with Crippen molar-refractivity contribution in [2.45, 2.75) is 39.3 Å². The predicted octanol–water partition coefficient (Wildman–Crippen LogP) is 2.96. The number of hydrogen-bond donors (Lipinski definition) is 1. The highest BCUT2D eigenvalue weighted by Crippen LogP contribution is 2.21. The number of esters is 1.